The molecule has 2 unspecified atom stereocenters. The van der Waals surface area contributed by atoms with Gasteiger partial charge < -0.3 is 5.32 Å². The first-order valence-corrected chi connectivity index (χ1v) is 5.47. The number of ketones is 1. The van der Waals surface area contributed by atoms with Gasteiger partial charge in [0.2, 0.25) is 5.91 Å². The van der Waals surface area contributed by atoms with Crippen LogP contribution in [0.5, 0.6) is 0 Å². The smallest absolute Gasteiger partial charge is 0.228 e. The Labute approximate surface area is 84.2 Å². The van der Waals surface area contributed by atoms with Crippen LogP contribution in [-0.2, 0) is 9.59 Å². The average Bonchev–Trinajstić information content (AvgIpc) is 2.31. The van der Waals surface area contributed by atoms with E-state index in [1.807, 2.05) is 0 Å². The topological polar surface area (TPSA) is 46.2 Å². The monoisotopic (exact) mass is 195 g/mol. The van der Waals surface area contributed by atoms with Crippen LogP contribution in [0.4, 0.5) is 0 Å². The van der Waals surface area contributed by atoms with Gasteiger partial charge >= 0.3 is 0 Å². The van der Waals surface area contributed by atoms with Crippen molar-refractivity contribution in [1.29, 1.82) is 0 Å². The summed E-state index contributed by atoms with van der Waals surface area (Å²) < 4.78 is 0. The molecule has 0 radical (unpaired) electrons. The van der Waals surface area contributed by atoms with Crippen molar-refractivity contribution in [3.8, 4) is 0 Å². The van der Waals surface area contributed by atoms with E-state index in [0.29, 0.717) is 5.92 Å². The minimum absolute atomic E-state index is 0.0791. The Morgan fingerprint density at radius 3 is 2.71 bits per heavy atom. The van der Waals surface area contributed by atoms with Crippen molar-refractivity contribution in [1.82, 2.24) is 5.32 Å². The van der Waals surface area contributed by atoms with Crippen LogP contribution in [0.3, 0.4) is 0 Å². The van der Waals surface area contributed by atoms with Crippen molar-refractivity contribution >= 4 is 11.7 Å². The van der Waals surface area contributed by atoms with Crippen LogP contribution in [0, 0.1) is 5.92 Å². The van der Waals surface area contributed by atoms with Gasteiger partial charge in [-0.2, -0.15) is 0 Å². The molecule has 2 fully saturated rings. The average molecular weight is 195 g/mol. The fraction of sp³-hybridized carbons (Fsp3) is 0.818. The Kier molecular flexibility index (Phi) is 2.33. The van der Waals surface area contributed by atoms with E-state index in [9.17, 15) is 9.59 Å². The Balaban J connectivity index is 2.15. The summed E-state index contributed by atoms with van der Waals surface area (Å²) in [6.45, 7) is 2.22. The lowest BCUT2D eigenvalue weighted by Crippen LogP contribution is -2.45. The molecule has 3 heteroatoms. The molecule has 1 aliphatic carbocycles. The van der Waals surface area contributed by atoms with E-state index in [2.05, 4.69) is 12.2 Å². The molecule has 78 valence electrons. The Hall–Kier alpha value is -0.860. The molecule has 1 heterocycles. The second-order valence-electron chi connectivity index (χ2n) is 4.77. The normalized spacial score (nSPS) is 38.5. The summed E-state index contributed by atoms with van der Waals surface area (Å²) in [6, 6.07) is 0. The third kappa shape index (κ3) is 1.56. The zero-order valence-corrected chi connectivity index (χ0v) is 8.64. The minimum atomic E-state index is -0.470. The SMILES string of the molecule is CC1CCCC2(CC1)NC(=O)CC2=O. The molecule has 1 aliphatic heterocycles. The molecule has 0 aromatic heterocycles. The molecule has 1 saturated heterocycles. The van der Waals surface area contributed by atoms with Crippen LogP contribution >= 0.6 is 0 Å². The highest BCUT2D eigenvalue weighted by Gasteiger charge is 2.45. The van der Waals surface area contributed by atoms with Crippen molar-refractivity contribution in [2.24, 2.45) is 5.92 Å². The maximum Gasteiger partial charge on any atom is 0.228 e. The van der Waals surface area contributed by atoms with Crippen molar-refractivity contribution in [3.05, 3.63) is 0 Å². The van der Waals surface area contributed by atoms with Gasteiger partial charge in [0, 0.05) is 0 Å². The zero-order chi connectivity index (χ0) is 10.2. The molecular weight excluding hydrogens is 178 g/mol. The maximum atomic E-state index is 11.7. The molecule has 1 amide bonds. The summed E-state index contributed by atoms with van der Waals surface area (Å²) in [4.78, 5) is 22.9. The maximum absolute atomic E-state index is 11.7. The second kappa shape index (κ2) is 3.37. The lowest BCUT2D eigenvalue weighted by Gasteiger charge is -2.25. The molecule has 1 spiro atoms. The number of carbonyl (C=O) groups excluding carboxylic acids is 2. The zero-order valence-electron chi connectivity index (χ0n) is 8.64. The van der Waals surface area contributed by atoms with E-state index < -0.39 is 5.54 Å². The van der Waals surface area contributed by atoms with Gasteiger partial charge in [0.1, 0.15) is 0 Å². The highest BCUT2D eigenvalue weighted by molar-refractivity contribution is 6.10. The quantitative estimate of drug-likeness (QED) is 0.594. The lowest BCUT2D eigenvalue weighted by atomic mass is 9.87. The van der Waals surface area contributed by atoms with Crippen LogP contribution in [0.25, 0.3) is 0 Å². The van der Waals surface area contributed by atoms with Crippen LogP contribution in [0.2, 0.25) is 0 Å². The van der Waals surface area contributed by atoms with Crippen LogP contribution in [0.1, 0.15) is 45.4 Å². The molecule has 2 rings (SSSR count). The van der Waals surface area contributed by atoms with E-state index in [-0.39, 0.29) is 18.1 Å². The number of Topliss-reactive ketones (excluding diaryl/α,β-unsaturated/α-hetero) is 1. The van der Waals surface area contributed by atoms with E-state index in [1.165, 1.54) is 6.42 Å². The molecule has 2 atom stereocenters. The van der Waals surface area contributed by atoms with Gasteiger partial charge in [-0.05, 0) is 25.2 Å². The molecule has 3 nitrogen and oxygen atoms in total. The summed E-state index contributed by atoms with van der Waals surface area (Å²) >= 11 is 0. The van der Waals surface area contributed by atoms with E-state index in [0.717, 1.165) is 25.7 Å². The van der Waals surface area contributed by atoms with Crippen LogP contribution < -0.4 is 5.32 Å². The number of hydrogen-bond acceptors (Lipinski definition) is 2. The van der Waals surface area contributed by atoms with Gasteiger partial charge in [0.15, 0.2) is 5.78 Å². The fourth-order valence-corrected chi connectivity index (χ4v) is 2.61. The molecule has 0 aromatic rings. The van der Waals surface area contributed by atoms with Crippen molar-refractivity contribution in [3.63, 3.8) is 0 Å². The van der Waals surface area contributed by atoms with E-state index in [4.69, 9.17) is 0 Å². The summed E-state index contributed by atoms with van der Waals surface area (Å²) in [5, 5.41) is 2.89. The van der Waals surface area contributed by atoms with Gasteiger partial charge in [0.05, 0.1) is 12.0 Å². The summed E-state index contributed by atoms with van der Waals surface area (Å²) in [6.07, 6.45) is 5.11. The van der Waals surface area contributed by atoms with Crippen LogP contribution in [-0.4, -0.2) is 17.2 Å². The van der Waals surface area contributed by atoms with Gasteiger partial charge in [-0.25, -0.2) is 0 Å². The number of rotatable bonds is 0. The van der Waals surface area contributed by atoms with Crippen molar-refractivity contribution in [2.45, 2.75) is 51.0 Å². The Morgan fingerprint density at radius 2 is 2.07 bits per heavy atom. The first kappa shape index (κ1) is 9.69. The van der Waals surface area contributed by atoms with E-state index >= 15 is 0 Å². The molecule has 0 aromatic carbocycles. The molecule has 1 saturated carbocycles. The number of carbonyl (C=O) groups is 2. The first-order chi connectivity index (χ1) is 6.62. The predicted octanol–water partition coefficient (Wildman–Crippen LogP) is 1.41. The number of hydrogen-bond donors (Lipinski definition) is 1. The van der Waals surface area contributed by atoms with E-state index in [1.54, 1.807) is 0 Å². The van der Waals surface area contributed by atoms with Gasteiger partial charge in [-0.3, -0.25) is 9.59 Å². The summed E-state index contributed by atoms with van der Waals surface area (Å²) in [5.74, 6) is 0.737. The largest absolute Gasteiger partial charge is 0.343 e. The Morgan fingerprint density at radius 1 is 1.29 bits per heavy atom. The highest BCUT2D eigenvalue weighted by atomic mass is 16.2. The van der Waals surface area contributed by atoms with Crippen molar-refractivity contribution in [2.75, 3.05) is 0 Å². The molecule has 14 heavy (non-hydrogen) atoms. The molecular formula is C11H17NO2. The number of nitrogens with one attached hydrogen (secondary N) is 1. The third-order valence-corrected chi connectivity index (χ3v) is 3.60. The van der Waals surface area contributed by atoms with Gasteiger partial charge in [0.25, 0.3) is 0 Å². The fourth-order valence-electron chi connectivity index (χ4n) is 2.61. The highest BCUT2D eigenvalue weighted by Crippen LogP contribution is 2.34. The number of amides is 1. The third-order valence-electron chi connectivity index (χ3n) is 3.60. The lowest BCUT2D eigenvalue weighted by molar-refractivity contribution is -0.123. The van der Waals surface area contributed by atoms with Crippen molar-refractivity contribution < 1.29 is 9.59 Å². The standard InChI is InChI=1S/C11H17NO2/c1-8-3-2-5-11(6-4-8)9(13)7-10(14)12-11/h8H,2-7H2,1H3,(H,12,14). The van der Waals surface area contributed by atoms with Gasteiger partial charge in [-0.15, -0.1) is 0 Å². The molecule has 2 aliphatic rings. The molecule has 0 bridgehead atoms. The summed E-state index contributed by atoms with van der Waals surface area (Å²) in [7, 11) is 0. The Bertz CT molecular complexity index is 274. The summed E-state index contributed by atoms with van der Waals surface area (Å²) in [5.41, 5.74) is -0.470. The van der Waals surface area contributed by atoms with Gasteiger partial charge in [-0.1, -0.05) is 19.8 Å². The van der Waals surface area contributed by atoms with Crippen LogP contribution in [0.15, 0.2) is 0 Å². The molecule has 1 N–H and O–H groups in total. The first-order valence-electron chi connectivity index (χ1n) is 5.47. The predicted molar refractivity (Wildman–Crippen MR) is 52.7 cm³/mol. The second-order valence-corrected chi connectivity index (χ2v) is 4.77. The minimum Gasteiger partial charge on any atom is -0.343 e.